The Kier molecular flexibility index (Phi) is 8.40. The third-order valence-corrected chi connectivity index (χ3v) is 13.9. The molecule has 7 fully saturated rings. The lowest BCUT2D eigenvalue weighted by Gasteiger charge is -2.60. The molecule has 6 saturated carbocycles. The Bertz CT molecular complexity index is 880. The number of rotatable bonds is 10. The fourth-order valence-electron chi connectivity index (χ4n) is 11.5. The van der Waals surface area contributed by atoms with E-state index in [2.05, 4.69) is 24.5 Å². The zero-order valence-corrected chi connectivity index (χ0v) is 25.3. The molecule has 3 unspecified atom stereocenters. The second-order valence-corrected chi connectivity index (χ2v) is 15.7. The molecule has 8 atom stereocenters. The second kappa shape index (κ2) is 11.7. The van der Waals surface area contributed by atoms with Gasteiger partial charge in [0.15, 0.2) is 0 Å². The second-order valence-electron chi connectivity index (χ2n) is 15.7. The molecular weight excluding hydrogens is 480 g/mol. The van der Waals surface area contributed by atoms with E-state index in [-0.39, 0.29) is 0 Å². The largest absolute Gasteiger partial charge is 0.353 e. The predicted octanol–water partition coefficient (Wildman–Crippen LogP) is 7.94. The van der Waals surface area contributed by atoms with Gasteiger partial charge in [-0.25, -0.2) is 0 Å². The minimum atomic E-state index is 0.296. The first kappa shape index (κ1) is 28.1. The van der Waals surface area contributed by atoms with Gasteiger partial charge in [0, 0.05) is 24.9 Å². The first-order valence-corrected chi connectivity index (χ1v) is 17.5. The number of nitrogens with one attached hydrogen (secondary N) is 2. The van der Waals surface area contributed by atoms with Crippen LogP contribution in [0.4, 0.5) is 0 Å². The summed E-state index contributed by atoms with van der Waals surface area (Å²) in [4.78, 5) is 24.6. The van der Waals surface area contributed by atoms with Crippen molar-refractivity contribution in [3.05, 3.63) is 0 Å². The van der Waals surface area contributed by atoms with Crippen molar-refractivity contribution in [1.82, 2.24) is 10.6 Å². The molecule has 7 rings (SSSR count). The van der Waals surface area contributed by atoms with Crippen LogP contribution in [0.3, 0.4) is 0 Å². The van der Waals surface area contributed by atoms with Crippen LogP contribution >= 0.6 is 0 Å². The van der Waals surface area contributed by atoms with Gasteiger partial charge in [0.05, 0.1) is 0 Å². The molecule has 2 amide bonds. The van der Waals surface area contributed by atoms with Gasteiger partial charge in [-0.2, -0.15) is 0 Å². The third-order valence-electron chi connectivity index (χ3n) is 13.9. The molecule has 0 aromatic rings. The van der Waals surface area contributed by atoms with Gasteiger partial charge >= 0.3 is 0 Å². The Hall–Kier alpha value is -1.06. The number of amides is 2. The molecule has 6 aliphatic carbocycles. The molecule has 1 aliphatic heterocycles. The van der Waals surface area contributed by atoms with Crippen LogP contribution in [-0.4, -0.2) is 23.9 Å². The average molecular weight is 539 g/mol. The number of hydrogen-bond acceptors (Lipinski definition) is 2. The van der Waals surface area contributed by atoms with Gasteiger partial charge in [-0.15, -0.1) is 0 Å². The van der Waals surface area contributed by atoms with Gasteiger partial charge in [0.2, 0.25) is 11.8 Å². The summed E-state index contributed by atoms with van der Waals surface area (Å²) in [6, 6.07) is 0.924. The highest BCUT2D eigenvalue weighted by Gasteiger charge is 2.60. The van der Waals surface area contributed by atoms with E-state index in [9.17, 15) is 9.59 Å². The van der Waals surface area contributed by atoms with Crippen molar-refractivity contribution in [2.75, 3.05) is 0 Å². The molecule has 220 valence electrons. The van der Waals surface area contributed by atoms with E-state index in [1.54, 1.807) is 0 Å². The van der Waals surface area contributed by atoms with Crippen molar-refractivity contribution in [1.29, 1.82) is 0 Å². The van der Waals surface area contributed by atoms with Crippen LogP contribution in [0.25, 0.3) is 0 Å². The van der Waals surface area contributed by atoms with Crippen LogP contribution < -0.4 is 10.6 Å². The van der Waals surface area contributed by atoms with Crippen molar-refractivity contribution in [2.45, 2.75) is 161 Å². The summed E-state index contributed by atoms with van der Waals surface area (Å²) in [5.41, 5.74) is 0.903. The number of piperidine rings is 1. The standard InChI is InChI=1S/C35H58N2O2/c1-34-21-19-29-27(16-18-31-35(29,2)22-20-33(39)37-31)28(34)17-15-26(34)9-7-5-3-4-6-8-10-32(38)36-30-23-24-11-13-25(30)14-12-24/h24-31H,3-23H2,1-2H3,(H,36,38)(H,37,39)/t24?,25?,26?,27-,28-,29+,30?,31?,34+,35+/m0/s1. The minimum Gasteiger partial charge on any atom is -0.353 e. The first-order chi connectivity index (χ1) is 18.9. The third kappa shape index (κ3) is 5.57. The summed E-state index contributed by atoms with van der Waals surface area (Å²) >= 11 is 0. The molecule has 39 heavy (non-hydrogen) atoms. The summed E-state index contributed by atoms with van der Waals surface area (Å²) in [5, 5.41) is 6.79. The van der Waals surface area contributed by atoms with E-state index < -0.39 is 0 Å². The lowest BCUT2D eigenvalue weighted by atomic mass is 9.47. The normalized spacial score (nSPS) is 44.7. The van der Waals surface area contributed by atoms with Crippen molar-refractivity contribution in [3.8, 4) is 0 Å². The molecule has 7 aliphatic rings. The maximum absolute atomic E-state index is 12.5. The van der Waals surface area contributed by atoms with Crippen molar-refractivity contribution >= 4 is 11.8 Å². The molecule has 4 heteroatoms. The summed E-state index contributed by atoms with van der Waals surface area (Å²) in [6.45, 7) is 5.20. The van der Waals surface area contributed by atoms with Crippen LogP contribution in [0.1, 0.15) is 149 Å². The van der Waals surface area contributed by atoms with Gasteiger partial charge in [0.25, 0.3) is 0 Å². The van der Waals surface area contributed by atoms with E-state index in [1.807, 2.05) is 0 Å². The van der Waals surface area contributed by atoms with Crippen molar-refractivity contribution in [2.24, 2.45) is 46.3 Å². The quantitative estimate of drug-likeness (QED) is 0.277. The first-order valence-electron chi connectivity index (χ1n) is 17.5. The summed E-state index contributed by atoms with van der Waals surface area (Å²) in [7, 11) is 0. The lowest BCUT2D eigenvalue weighted by Crippen LogP contribution is -2.61. The maximum Gasteiger partial charge on any atom is 0.220 e. The van der Waals surface area contributed by atoms with Crippen LogP contribution in [0.15, 0.2) is 0 Å². The van der Waals surface area contributed by atoms with Gasteiger partial charge < -0.3 is 10.6 Å². The lowest BCUT2D eigenvalue weighted by molar-refractivity contribution is -0.136. The number of carbonyl (C=O) groups excluding carboxylic acids is 2. The zero-order valence-electron chi connectivity index (χ0n) is 25.3. The van der Waals surface area contributed by atoms with Gasteiger partial charge in [-0.05, 0) is 123 Å². The maximum atomic E-state index is 12.5. The van der Waals surface area contributed by atoms with E-state index >= 15 is 0 Å². The number of fused-ring (bicyclic) bond motifs is 8. The summed E-state index contributed by atoms with van der Waals surface area (Å²) in [5.74, 6) is 5.85. The zero-order chi connectivity index (χ0) is 27.0. The van der Waals surface area contributed by atoms with E-state index in [4.69, 9.17) is 0 Å². The molecule has 0 spiro atoms. The average Bonchev–Trinajstić information content (AvgIpc) is 3.27. The summed E-state index contributed by atoms with van der Waals surface area (Å²) in [6.07, 6.45) is 26.8. The predicted molar refractivity (Wildman–Crippen MR) is 158 cm³/mol. The fourth-order valence-corrected chi connectivity index (χ4v) is 11.5. The highest BCUT2D eigenvalue weighted by Crippen LogP contribution is 2.66. The smallest absolute Gasteiger partial charge is 0.220 e. The minimum absolute atomic E-state index is 0.296. The van der Waals surface area contributed by atoms with Gasteiger partial charge in [-0.3, -0.25) is 9.59 Å². The Morgan fingerprint density at radius 1 is 0.821 bits per heavy atom. The highest BCUT2D eigenvalue weighted by molar-refractivity contribution is 5.77. The summed E-state index contributed by atoms with van der Waals surface area (Å²) < 4.78 is 0. The highest BCUT2D eigenvalue weighted by atomic mass is 16.2. The Balaban J connectivity index is 0.872. The number of hydrogen-bond donors (Lipinski definition) is 2. The topological polar surface area (TPSA) is 58.2 Å². The fraction of sp³-hybridized carbons (Fsp3) is 0.943. The van der Waals surface area contributed by atoms with Gasteiger partial charge in [-0.1, -0.05) is 58.8 Å². The molecular formula is C35H58N2O2. The Morgan fingerprint density at radius 3 is 2.33 bits per heavy atom. The van der Waals surface area contributed by atoms with E-state index in [0.29, 0.717) is 34.7 Å². The molecule has 2 bridgehead atoms. The van der Waals surface area contributed by atoms with Crippen molar-refractivity contribution in [3.63, 3.8) is 0 Å². The SMILES string of the molecule is C[C@]12CCC(=O)NC1CC[C@@H]1[C@H]2CC[C@]2(C)C(CCCCCCCCC(=O)NC3CC4CCC3CC4)CC[C@@H]12. The van der Waals surface area contributed by atoms with E-state index in [1.165, 1.54) is 109 Å². The van der Waals surface area contributed by atoms with Crippen molar-refractivity contribution < 1.29 is 9.59 Å². The molecule has 0 radical (unpaired) electrons. The van der Waals surface area contributed by atoms with Crippen LogP contribution in [0.5, 0.6) is 0 Å². The molecule has 1 saturated heterocycles. The molecule has 2 N–H and O–H groups in total. The molecule has 4 nitrogen and oxygen atoms in total. The van der Waals surface area contributed by atoms with Crippen LogP contribution in [0, 0.1) is 46.3 Å². The molecule has 0 aromatic carbocycles. The Labute approximate surface area is 239 Å². The Morgan fingerprint density at radius 2 is 1.56 bits per heavy atom. The monoisotopic (exact) mass is 538 g/mol. The van der Waals surface area contributed by atoms with Gasteiger partial charge in [0.1, 0.15) is 0 Å². The van der Waals surface area contributed by atoms with Crippen LogP contribution in [0.2, 0.25) is 0 Å². The number of carbonyl (C=O) groups is 2. The van der Waals surface area contributed by atoms with Crippen LogP contribution in [-0.2, 0) is 9.59 Å². The molecule has 0 aromatic heterocycles. The molecule has 1 heterocycles. The van der Waals surface area contributed by atoms with E-state index in [0.717, 1.165) is 61.2 Å². The number of unbranched alkanes of at least 4 members (excludes halogenated alkanes) is 5.